The van der Waals surface area contributed by atoms with Gasteiger partial charge in [0, 0.05) is 35.1 Å². The van der Waals surface area contributed by atoms with Gasteiger partial charge in [-0.2, -0.15) is 0 Å². The van der Waals surface area contributed by atoms with E-state index in [0.29, 0.717) is 5.56 Å². The van der Waals surface area contributed by atoms with Gasteiger partial charge in [0.1, 0.15) is 0 Å². The van der Waals surface area contributed by atoms with Crippen molar-refractivity contribution < 1.29 is 4.79 Å². The number of carbonyl (C=O) groups excluding carboxylic acids is 1. The molecule has 0 atom stereocenters. The molecule has 10 heavy (non-hydrogen) atoms. The predicted octanol–water partition coefficient (Wildman–Crippen LogP) is 1.38. The minimum Gasteiger partial charge on any atom is -0.282 e. The first-order valence-corrected chi connectivity index (χ1v) is 3.04. The van der Waals surface area contributed by atoms with Crippen LogP contribution in [0.15, 0.2) is 30.3 Å². The molecule has 1 nitrogen and oxygen atoms in total. The molecule has 0 N–H and O–H groups in total. The van der Waals surface area contributed by atoms with Crippen molar-refractivity contribution in [3.8, 4) is 0 Å². The maximum atomic E-state index is 10.5. The fourth-order valence-electron chi connectivity index (χ4n) is 0.581. The predicted molar refractivity (Wildman–Crippen MR) is 45.5 cm³/mol. The average molecular weight is 161 g/mol. The van der Waals surface area contributed by atoms with Gasteiger partial charge in [-0.25, -0.2) is 0 Å². The molecule has 0 aliphatic carbocycles. The molecule has 1 aromatic carbocycles. The first kappa shape index (κ1) is 10.2. The Labute approximate surface area is 87.5 Å². The smallest absolute Gasteiger partial charge is 0.216 e. The summed E-state index contributed by atoms with van der Waals surface area (Å²) in [7, 11) is 0. The second kappa shape index (κ2) is 4.97. The van der Waals surface area contributed by atoms with E-state index in [9.17, 15) is 4.79 Å². The van der Waals surface area contributed by atoms with Crippen LogP contribution in [0, 0.1) is 0 Å². The monoisotopic (exact) mass is 161 g/mol. The first-order chi connectivity index (χ1) is 4.30. The largest absolute Gasteiger partial charge is 0.282 e. The van der Waals surface area contributed by atoms with Crippen molar-refractivity contribution in [2.45, 2.75) is 0 Å². The third-order valence-corrected chi connectivity index (χ3v) is 1.28. The standard InChI is InChI=1S/C7H6OS.Na/c8-7(9)6-4-2-1-3-5-6;/h1-5H,(H,8,9);. The molecule has 0 fully saturated rings. The molecular weight excluding hydrogens is 155 g/mol. The van der Waals surface area contributed by atoms with E-state index in [-0.39, 0.29) is 34.7 Å². The maximum Gasteiger partial charge on any atom is 0.216 e. The van der Waals surface area contributed by atoms with Crippen LogP contribution in [-0.2, 0) is 0 Å². The summed E-state index contributed by atoms with van der Waals surface area (Å²) in [6, 6.07) is 8.94. The summed E-state index contributed by atoms with van der Waals surface area (Å²) in [5.74, 6) is 0. The van der Waals surface area contributed by atoms with Gasteiger partial charge in [-0.1, -0.05) is 30.3 Å². The molecule has 0 saturated heterocycles. The van der Waals surface area contributed by atoms with E-state index in [1.54, 1.807) is 12.1 Å². The van der Waals surface area contributed by atoms with Crippen LogP contribution in [0.25, 0.3) is 0 Å². The van der Waals surface area contributed by atoms with Crippen LogP contribution >= 0.6 is 12.6 Å². The fourth-order valence-corrected chi connectivity index (χ4v) is 0.730. The van der Waals surface area contributed by atoms with Crippen LogP contribution in [0.1, 0.15) is 10.4 Å². The number of hydrogen-bond acceptors (Lipinski definition) is 1. The van der Waals surface area contributed by atoms with E-state index < -0.39 is 0 Å². The zero-order valence-electron chi connectivity index (χ0n) is 5.74. The Kier molecular flexibility index (Phi) is 5.09. The number of hydrogen-bond donors (Lipinski definition) is 1. The maximum absolute atomic E-state index is 10.5. The molecule has 47 valence electrons. The zero-order chi connectivity index (χ0) is 6.69. The minimum absolute atomic E-state index is 0. The Morgan fingerprint density at radius 2 is 1.70 bits per heavy atom. The van der Waals surface area contributed by atoms with Crippen LogP contribution in [0.5, 0.6) is 0 Å². The molecular formula is C7H6NaOS. The minimum atomic E-state index is -0.185. The molecule has 1 aromatic rings. The second-order valence-corrected chi connectivity index (χ2v) is 2.08. The molecule has 0 aliphatic heterocycles. The van der Waals surface area contributed by atoms with Crippen molar-refractivity contribution in [1.29, 1.82) is 0 Å². The normalized spacial score (nSPS) is 8.10. The second-order valence-electron chi connectivity index (χ2n) is 1.67. The molecule has 3 heteroatoms. The third-order valence-electron chi connectivity index (χ3n) is 1.02. The van der Waals surface area contributed by atoms with E-state index in [1.165, 1.54) is 0 Å². The Bertz CT molecular complexity index is 210. The van der Waals surface area contributed by atoms with Gasteiger partial charge in [-0.3, -0.25) is 4.79 Å². The molecule has 0 aromatic heterocycles. The summed E-state index contributed by atoms with van der Waals surface area (Å²) < 4.78 is 0. The van der Waals surface area contributed by atoms with E-state index in [1.807, 2.05) is 18.2 Å². The Morgan fingerprint density at radius 1 is 1.20 bits per heavy atom. The molecule has 0 unspecified atom stereocenters. The molecule has 0 spiro atoms. The van der Waals surface area contributed by atoms with Crippen LogP contribution in [0.4, 0.5) is 0 Å². The van der Waals surface area contributed by atoms with Crippen molar-refractivity contribution in [1.82, 2.24) is 0 Å². The van der Waals surface area contributed by atoms with E-state index in [2.05, 4.69) is 12.6 Å². The van der Waals surface area contributed by atoms with Gasteiger partial charge in [0.05, 0.1) is 0 Å². The molecule has 0 aliphatic rings. The summed E-state index contributed by atoms with van der Waals surface area (Å²) >= 11 is 3.65. The summed E-state index contributed by atoms with van der Waals surface area (Å²) in [4.78, 5) is 10.5. The number of carbonyl (C=O) groups is 1. The zero-order valence-corrected chi connectivity index (χ0v) is 8.64. The molecule has 1 radical (unpaired) electrons. The van der Waals surface area contributed by atoms with Gasteiger partial charge in [-0.15, -0.1) is 12.6 Å². The first-order valence-electron chi connectivity index (χ1n) is 2.59. The number of thiol groups is 1. The SMILES string of the molecule is O=C(S)c1ccccc1.[Na]. The van der Waals surface area contributed by atoms with Gasteiger partial charge in [0.25, 0.3) is 0 Å². The van der Waals surface area contributed by atoms with Gasteiger partial charge < -0.3 is 0 Å². The van der Waals surface area contributed by atoms with Gasteiger partial charge >= 0.3 is 0 Å². The third kappa shape index (κ3) is 2.88. The van der Waals surface area contributed by atoms with Crippen molar-refractivity contribution >= 4 is 47.3 Å². The summed E-state index contributed by atoms with van der Waals surface area (Å²) in [6.07, 6.45) is 0. The summed E-state index contributed by atoms with van der Waals surface area (Å²) in [5, 5.41) is -0.185. The van der Waals surface area contributed by atoms with Gasteiger partial charge in [0.15, 0.2) is 0 Å². The Morgan fingerprint density at radius 3 is 2.00 bits per heavy atom. The van der Waals surface area contributed by atoms with Crippen LogP contribution in [0.3, 0.4) is 0 Å². The van der Waals surface area contributed by atoms with Crippen molar-refractivity contribution in [3.63, 3.8) is 0 Å². The van der Waals surface area contributed by atoms with E-state index in [4.69, 9.17) is 0 Å². The molecule has 0 heterocycles. The molecule has 0 saturated carbocycles. The molecule has 1 rings (SSSR count). The van der Waals surface area contributed by atoms with E-state index >= 15 is 0 Å². The number of benzene rings is 1. The van der Waals surface area contributed by atoms with Crippen molar-refractivity contribution in [2.75, 3.05) is 0 Å². The van der Waals surface area contributed by atoms with Gasteiger partial charge in [-0.05, 0) is 0 Å². The van der Waals surface area contributed by atoms with E-state index in [0.717, 1.165) is 0 Å². The van der Waals surface area contributed by atoms with Crippen LogP contribution < -0.4 is 0 Å². The Balaban J connectivity index is 0.000000810. The fraction of sp³-hybridized carbons (Fsp3) is 0. The van der Waals surface area contributed by atoms with Gasteiger partial charge in [0.2, 0.25) is 5.12 Å². The van der Waals surface area contributed by atoms with Crippen molar-refractivity contribution in [3.05, 3.63) is 35.9 Å². The molecule has 0 amide bonds. The van der Waals surface area contributed by atoms with Crippen molar-refractivity contribution in [2.24, 2.45) is 0 Å². The molecule has 0 bridgehead atoms. The number of rotatable bonds is 1. The topological polar surface area (TPSA) is 17.1 Å². The Hall–Kier alpha value is 0.240. The van der Waals surface area contributed by atoms with Crippen LogP contribution in [0.2, 0.25) is 0 Å². The summed E-state index contributed by atoms with van der Waals surface area (Å²) in [6.45, 7) is 0. The van der Waals surface area contributed by atoms with Crippen LogP contribution in [-0.4, -0.2) is 34.7 Å². The quantitative estimate of drug-likeness (QED) is 0.486. The summed E-state index contributed by atoms with van der Waals surface area (Å²) in [5.41, 5.74) is 0.640. The average Bonchev–Trinajstić information content (AvgIpc) is 1.90.